The first-order chi connectivity index (χ1) is 15.9. The lowest BCUT2D eigenvalue weighted by molar-refractivity contribution is 0.102. The predicted molar refractivity (Wildman–Crippen MR) is 120 cm³/mol. The number of aliphatic hydroxyl groups is 1. The molecule has 0 aliphatic heterocycles. The van der Waals surface area contributed by atoms with Crippen molar-refractivity contribution in [2.24, 2.45) is 4.99 Å². The van der Waals surface area contributed by atoms with Gasteiger partial charge >= 0.3 is 0 Å². The van der Waals surface area contributed by atoms with Crippen molar-refractivity contribution in [1.29, 1.82) is 0 Å². The second kappa shape index (κ2) is 9.30. The van der Waals surface area contributed by atoms with Crippen LogP contribution in [0.4, 0.5) is 20.2 Å². The lowest BCUT2D eigenvalue weighted by Crippen LogP contribution is -2.22. The molecule has 0 aliphatic rings. The summed E-state index contributed by atoms with van der Waals surface area (Å²) in [7, 11) is 0. The van der Waals surface area contributed by atoms with Crippen molar-refractivity contribution in [2.75, 3.05) is 5.32 Å². The number of hydrogen-bond acceptors (Lipinski definition) is 5. The minimum absolute atomic E-state index is 0.00763. The number of benzene rings is 2. The Morgan fingerprint density at radius 3 is 2.58 bits per heavy atom. The third kappa shape index (κ3) is 4.65. The van der Waals surface area contributed by atoms with Gasteiger partial charge in [-0.1, -0.05) is 19.1 Å². The second-order valence-electron chi connectivity index (χ2n) is 7.45. The Bertz CT molecular complexity index is 1410. The highest BCUT2D eigenvalue weighted by molar-refractivity contribution is 6.05. The number of rotatable bonds is 5. The molecule has 0 radical (unpaired) electrons. The molecule has 2 aromatic heterocycles. The monoisotopic (exact) mass is 449 g/mol. The van der Waals surface area contributed by atoms with Crippen molar-refractivity contribution >= 4 is 28.3 Å². The smallest absolute Gasteiger partial charge is 0.261 e. The van der Waals surface area contributed by atoms with Crippen LogP contribution in [0.15, 0.2) is 64.1 Å². The number of aromatic nitrogens is 1. The molecule has 8 heteroatoms. The molecule has 33 heavy (non-hydrogen) atoms. The van der Waals surface area contributed by atoms with E-state index in [0.29, 0.717) is 34.0 Å². The average Bonchev–Trinajstić information content (AvgIpc) is 2.81. The molecule has 0 saturated heterocycles. The largest absolute Gasteiger partial charge is 0.436 e. The molecule has 6 nitrogen and oxygen atoms in total. The van der Waals surface area contributed by atoms with Gasteiger partial charge in [-0.3, -0.25) is 9.78 Å². The highest BCUT2D eigenvalue weighted by atomic mass is 19.1. The zero-order valence-corrected chi connectivity index (χ0v) is 18.0. The summed E-state index contributed by atoms with van der Waals surface area (Å²) in [6, 6.07) is 11.8. The van der Waals surface area contributed by atoms with Gasteiger partial charge in [-0.15, -0.1) is 0 Å². The molecule has 168 valence electrons. The van der Waals surface area contributed by atoms with E-state index < -0.39 is 17.5 Å². The molecule has 0 bridgehead atoms. The number of carbonyl (C=O) groups excluding carboxylic acids is 1. The summed E-state index contributed by atoms with van der Waals surface area (Å²) < 4.78 is 33.4. The van der Waals surface area contributed by atoms with E-state index in [4.69, 9.17) is 4.42 Å². The van der Waals surface area contributed by atoms with Crippen LogP contribution in [0.1, 0.15) is 34.1 Å². The number of nitrogens with one attached hydrogen (secondary N) is 1. The summed E-state index contributed by atoms with van der Waals surface area (Å²) in [6.45, 7) is 3.46. The maximum absolute atomic E-state index is 14.1. The van der Waals surface area contributed by atoms with E-state index in [1.807, 2.05) is 19.1 Å². The maximum atomic E-state index is 14.1. The summed E-state index contributed by atoms with van der Waals surface area (Å²) in [5.41, 5.74) is 2.89. The van der Waals surface area contributed by atoms with Gasteiger partial charge in [0.15, 0.2) is 5.58 Å². The summed E-state index contributed by atoms with van der Waals surface area (Å²) in [5, 5.41) is 12.6. The van der Waals surface area contributed by atoms with Crippen molar-refractivity contribution in [3.8, 4) is 0 Å². The van der Waals surface area contributed by atoms with Crippen LogP contribution >= 0.6 is 0 Å². The third-order valence-electron chi connectivity index (χ3n) is 5.22. The Hall–Kier alpha value is -3.91. The van der Waals surface area contributed by atoms with Crippen LogP contribution in [0.5, 0.6) is 0 Å². The number of amides is 1. The van der Waals surface area contributed by atoms with Crippen LogP contribution in [0, 0.1) is 18.6 Å². The van der Waals surface area contributed by atoms with Crippen LogP contribution in [0.25, 0.3) is 11.0 Å². The summed E-state index contributed by atoms with van der Waals surface area (Å²) >= 11 is 0. The van der Waals surface area contributed by atoms with Crippen molar-refractivity contribution < 1.29 is 23.1 Å². The van der Waals surface area contributed by atoms with Gasteiger partial charge in [0.05, 0.1) is 23.7 Å². The Kier molecular flexibility index (Phi) is 6.28. The lowest BCUT2D eigenvalue weighted by atomic mass is 10.1. The molecule has 2 heterocycles. The zero-order chi connectivity index (χ0) is 23.5. The van der Waals surface area contributed by atoms with Crippen molar-refractivity contribution in [1.82, 2.24) is 4.98 Å². The van der Waals surface area contributed by atoms with E-state index in [-0.39, 0.29) is 23.4 Å². The Balaban J connectivity index is 1.90. The summed E-state index contributed by atoms with van der Waals surface area (Å²) in [6.07, 6.45) is 2.36. The molecule has 2 aromatic carbocycles. The molecule has 0 aliphatic carbocycles. The fourth-order valence-electron chi connectivity index (χ4n) is 3.36. The van der Waals surface area contributed by atoms with E-state index in [1.54, 1.807) is 19.1 Å². The molecule has 0 saturated carbocycles. The van der Waals surface area contributed by atoms with Gasteiger partial charge in [0, 0.05) is 23.2 Å². The number of hydrogen-bond donors (Lipinski definition) is 2. The van der Waals surface area contributed by atoms with Gasteiger partial charge < -0.3 is 14.8 Å². The summed E-state index contributed by atoms with van der Waals surface area (Å²) in [5.74, 6) is -2.37. The first-order valence-corrected chi connectivity index (χ1v) is 10.3. The molecule has 0 fully saturated rings. The van der Waals surface area contributed by atoms with E-state index in [9.17, 15) is 18.7 Å². The minimum atomic E-state index is -0.911. The zero-order valence-electron chi connectivity index (χ0n) is 18.0. The number of pyridine rings is 1. The van der Waals surface area contributed by atoms with E-state index in [1.165, 1.54) is 12.3 Å². The first kappa shape index (κ1) is 22.3. The molecular weight excluding hydrogens is 428 g/mol. The van der Waals surface area contributed by atoms with Crippen LogP contribution in [0.2, 0.25) is 0 Å². The number of carbonyl (C=O) groups is 1. The molecule has 1 amide bonds. The molecule has 0 atom stereocenters. The van der Waals surface area contributed by atoms with Crippen molar-refractivity contribution in [3.63, 3.8) is 0 Å². The average molecular weight is 449 g/mol. The molecule has 2 N–H and O–H groups in total. The number of fused-ring (bicyclic) bond motifs is 1. The van der Waals surface area contributed by atoms with Crippen molar-refractivity contribution in [2.45, 2.75) is 26.9 Å². The number of aliphatic hydroxyl groups excluding tert-OH is 1. The number of nitrogens with zero attached hydrogens (tertiary/aromatic N) is 2. The molecule has 4 rings (SSSR count). The van der Waals surface area contributed by atoms with Gasteiger partial charge in [-0.05, 0) is 49.2 Å². The lowest BCUT2D eigenvalue weighted by Gasteiger charge is -2.10. The fraction of sp³-hybridized carbons (Fsp3) is 0.160. The molecule has 4 aromatic rings. The standard InChI is InChI=1S/C25H21F2N3O3/c1-3-15-4-7-18(8-5-15)29-25-20(24(32)30-22-9-6-17(26)10-21(22)27)11-19-16(13-31)12-28-14(2)23(19)33-25/h4-12,31H,3,13H2,1-2H3,(H,30,32). The predicted octanol–water partition coefficient (Wildman–Crippen LogP) is 4.95. The van der Waals surface area contributed by atoms with Crippen molar-refractivity contribution in [3.05, 3.63) is 94.3 Å². The normalized spacial score (nSPS) is 11.7. The highest BCUT2D eigenvalue weighted by Gasteiger charge is 2.18. The van der Waals surface area contributed by atoms with Crippen LogP contribution in [0.3, 0.4) is 0 Å². The van der Waals surface area contributed by atoms with E-state index >= 15 is 0 Å². The van der Waals surface area contributed by atoms with Crippen LogP contribution in [-0.2, 0) is 13.0 Å². The Morgan fingerprint density at radius 1 is 1.15 bits per heavy atom. The highest BCUT2D eigenvalue weighted by Crippen LogP contribution is 2.23. The van der Waals surface area contributed by atoms with Gasteiger partial charge in [0.2, 0.25) is 5.55 Å². The Morgan fingerprint density at radius 2 is 1.91 bits per heavy atom. The quantitative estimate of drug-likeness (QED) is 0.451. The number of halogens is 2. The minimum Gasteiger partial charge on any atom is -0.436 e. The summed E-state index contributed by atoms with van der Waals surface area (Å²) in [4.78, 5) is 21.8. The van der Waals surface area contributed by atoms with Gasteiger partial charge in [-0.25, -0.2) is 13.8 Å². The Labute approximate surface area is 188 Å². The topological polar surface area (TPSA) is 87.7 Å². The molecular formula is C25H21F2N3O3. The maximum Gasteiger partial charge on any atom is 0.261 e. The van der Waals surface area contributed by atoms with E-state index in [2.05, 4.69) is 15.3 Å². The van der Waals surface area contributed by atoms with E-state index in [0.717, 1.165) is 24.1 Å². The number of anilines is 1. The van der Waals surface area contributed by atoms with Crippen LogP contribution in [-0.4, -0.2) is 16.0 Å². The third-order valence-corrected chi connectivity index (χ3v) is 5.22. The second-order valence-corrected chi connectivity index (χ2v) is 7.45. The molecule has 0 unspecified atom stereocenters. The van der Waals surface area contributed by atoms with Crippen LogP contribution < -0.4 is 10.9 Å². The molecule has 0 spiro atoms. The van der Waals surface area contributed by atoms with Gasteiger partial charge in [0.1, 0.15) is 17.2 Å². The first-order valence-electron chi connectivity index (χ1n) is 10.3. The van der Waals surface area contributed by atoms with Gasteiger partial charge in [0.25, 0.3) is 5.91 Å². The number of aryl methyl sites for hydroxylation is 2. The fourth-order valence-corrected chi connectivity index (χ4v) is 3.36. The van der Waals surface area contributed by atoms with Gasteiger partial charge in [-0.2, -0.15) is 0 Å². The SMILES string of the molecule is CCc1ccc(N=c2oc3c(C)ncc(CO)c3cc2C(=O)Nc2ccc(F)cc2F)cc1.